The Hall–Kier alpha value is -1.75. The number of nitrogens with two attached hydrogens (primary N) is 2. The second kappa shape index (κ2) is 5.97. The van der Waals surface area contributed by atoms with E-state index < -0.39 is 6.03 Å². The van der Waals surface area contributed by atoms with Crippen molar-refractivity contribution in [2.45, 2.75) is 6.54 Å². The molecule has 0 saturated heterocycles. The summed E-state index contributed by atoms with van der Waals surface area (Å²) in [5, 5.41) is 0. The van der Waals surface area contributed by atoms with Gasteiger partial charge in [0.2, 0.25) is 0 Å². The van der Waals surface area contributed by atoms with E-state index in [0.29, 0.717) is 19.6 Å². The molecular formula is C11H17N3O2. The van der Waals surface area contributed by atoms with Gasteiger partial charge in [-0.25, -0.2) is 4.79 Å². The largest absolute Gasteiger partial charge is 0.497 e. The Bertz CT molecular complexity index is 338. The third-order valence-electron chi connectivity index (χ3n) is 2.24. The SMILES string of the molecule is COc1ccc(CN(CCN)C(N)=O)cc1. The number of methoxy groups -OCH3 is 1. The van der Waals surface area contributed by atoms with Gasteiger partial charge in [-0.3, -0.25) is 0 Å². The number of benzene rings is 1. The summed E-state index contributed by atoms with van der Waals surface area (Å²) in [6.45, 7) is 1.33. The van der Waals surface area contributed by atoms with Gasteiger partial charge >= 0.3 is 6.03 Å². The maximum atomic E-state index is 11.1. The van der Waals surface area contributed by atoms with Crippen molar-refractivity contribution in [2.24, 2.45) is 11.5 Å². The molecule has 16 heavy (non-hydrogen) atoms. The van der Waals surface area contributed by atoms with Crippen molar-refractivity contribution in [2.75, 3.05) is 20.2 Å². The molecule has 2 amide bonds. The first kappa shape index (κ1) is 12.3. The molecule has 0 unspecified atom stereocenters. The number of primary amides is 1. The van der Waals surface area contributed by atoms with Crippen molar-refractivity contribution in [3.05, 3.63) is 29.8 Å². The molecule has 0 radical (unpaired) electrons. The zero-order valence-corrected chi connectivity index (χ0v) is 9.35. The van der Waals surface area contributed by atoms with Crippen molar-refractivity contribution < 1.29 is 9.53 Å². The minimum absolute atomic E-state index is 0.402. The van der Waals surface area contributed by atoms with E-state index in [-0.39, 0.29) is 0 Å². The fourth-order valence-corrected chi connectivity index (χ4v) is 1.37. The monoisotopic (exact) mass is 223 g/mol. The zero-order chi connectivity index (χ0) is 12.0. The Kier molecular flexibility index (Phi) is 4.60. The molecule has 5 nitrogen and oxygen atoms in total. The Labute approximate surface area is 95.0 Å². The van der Waals surface area contributed by atoms with Gasteiger partial charge in [0.15, 0.2) is 0 Å². The molecule has 0 spiro atoms. The summed E-state index contributed by atoms with van der Waals surface area (Å²) in [4.78, 5) is 12.6. The molecule has 0 aliphatic carbocycles. The van der Waals surface area contributed by atoms with E-state index in [4.69, 9.17) is 16.2 Å². The van der Waals surface area contributed by atoms with E-state index in [2.05, 4.69) is 0 Å². The van der Waals surface area contributed by atoms with Gasteiger partial charge in [0.05, 0.1) is 7.11 Å². The lowest BCUT2D eigenvalue weighted by molar-refractivity contribution is 0.206. The van der Waals surface area contributed by atoms with E-state index in [1.165, 1.54) is 4.90 Å². The number of nitrogens with zero attached hydrogens (tertiary/aromatic N) is 1. The molecule has 88 valence electrons. The van der Waals surface area contributed by atoms with Gasteiger partial charge in [-0.1, -0.05) is 12.1 Å². The molecule has 5 heteroatoms. The number of ether oxygens (including phenoxy) is 1. The highest BCUT2D eigenvalue weighted by atomic mass is 16.5. The fourth-order valence-electron chi connectivity index (χ4n) is 1.37. The smallest absolute Gasteiger partial charge is 0.315 e. The summed E-state index contributed by atoms with van der Waals surface area (Å²) >= 11 is 0. The summed E-state index contributed by atoms with van der Waals surface area (Å²) in [5.74, 6) is 0.785. The van der Waals surface area contributed by atoms with Gasteiger partial charge in [-0.15, -0.1) is 0 Å². The van der Waals surface area contributed by atoms with E-state index in [0.717, 1.165) is 11.3 Å². The molecule has 0 aliphatic rings. The minimum atomic E-state index is -0.457. The summed E-state index contributed by atoms with van der Waals surface area (Å²) in [5.41, 5.74) is 11.6. The zero-order valence-electron chi connectivity index (χ0n) is 9.35. The maximum Gasteiger partial charge on any atom is 0.315 e. The van der Waals surface area contributed by atoms with Crippen LogP contribution in [0.4, 0.5) is 4.79 Å². The molecule has 1 aromatic carbocycles. The highest BCUT2D eigenvalue weighted by molar-refractivity contribution is 5.72. The molecule has 0 aromatic heterocycles. The summed E-state index contributed by atoms with van der Waals surface area (Å²) in [6.07, 6.45) is 0. The fraction of sp³-hybridized carbons (Fsp3) is 0.364. The van der Waals surface area contributed by atoms with Crippen molar-refractivity contribution in [3.63, 3.8) is 0 Å². The van der Waals surface area contributed by atoms with Crippen molar-refractivity contribution >= 4 is 6.03 Å². The van der Waals surface area contributed by atoms with Gasteiger partial charge in [0.25, 0.3) is 0 Å². The molecule has 1 aromatic rings. The number of hydrogen-bond acceptors (Lipinski definition) is 3. The predicted molar refractivity (Wildman–Crippen MR) is 62.0 cm³/mol. The lowest BCUT2D eigenvalue weighted by atomic mass is 10.2. The average Bonchev–Trinajstić information content (AvgIpc) is 2.29. The first-order valence-electron chi connectivity index (χ1n) is 5.04. The second-order valence-electron chi connectivity index (χ2n) is 3.40. The highest BCUT2D eigenvalue weighted by Crippen LogP contribution is 2.12. The standard InChI is InChI=1S/C11H17N3O2/c1-16-10-4-2-9(3-5-10)8-14(7-6-12)11(13)15/h2-5H,6-8,12H2,1H3,(H2,13,15). The van der Waals surface area contributed by atoms with E-state index >= 15 is 0 Å². The normalized spacial score (nSPS) is 9.88. The maximum absolute atomic E-state index is 11.1. The molecule has 0 bridgehead atoms. The third-order valence-corrected chi connectivity index (χ3v) is 2.24. The van der Waals surface area contributed by atoms with Crippen LogP contribution in [0, 0.1) is 0 Å². The Morgan fingerprint density at radius 1 is 1.38 bits per heavy atom. The number of amides is 2. The molecule has 1 rings (SSSR count). The summed E-state index contributed by atoms with van der Waals surface area (Å²) in [7, 11) is 1.61. The lowest BCUT2D eigenvalue weighted by Gasteiger charge is -2.19. The predicted octanol–water partition coefficient (Wildman–Crippen LogP) is 0.535. The number of rotatable bonds is 5. The third kappa shape index (κ3) is 3.43. The number of carbonyl (C=O) groups excluding carboxylic acids is 1. The van der Waals surface area contributed by atoms with Crippen LogP contribution in [0.15, 0.2) is 24.3 Å². The molecule has 0 heterocycles. The second-order valence-corrected chi connectivity index (χ2v) is 3.40. The minimum Gasteiger partial charge on any atom is -0.497 e. The van der Waals surface area contributed by atoms with Gasteiger partial charge in [0.1, 0.15) is 5.75 Å². The van der Waals surface area contributed by atoms with Gasteiger partial charge in [0, 0.05) is 19.6 Å². The molecule has 0 fully saturated rings. The molecule has 0 aliphatic heterocycles. The number of urea groups is 1. The number of carbonyl (C=O) groups is 1. The summed E-state index contributed by atoms with van der Waals surface area (Å²) < 4.78 is 5.04. The van der Waals surface area contributed by atoms with E-state index in [9.17, 15) is 4.79 Å². The van der Waals surface area contributed by atoms with E-state index in [1.807, 2.05) is 24.3 Å². The first-order chi connectivity index (χ1) is 7.67. The number of hydrogen-bond donors (Lipinski definition) is 2. The van der Waals surface area contributed by atoms with Crippen molar-refractivity contribution in [1.29, 1.82) is 0 Å². The topological polar surface area (TPSA) is 81.6 Å². The van der Waals surface area contributed by atoms with Crippen LogP contribution in [-0.4, -0.2) is 31.1 Å². The average molecular weight is 223 g/mol. The van der Waals surface area contributed by atoms with Crippen molar-refractivity contribution in [3.8, 4) is 5.75 Å². The molecular weight excluding hydrogens is 206 g/mol. The van der Waals surface area contributed by atoms with Gasteiger partial charge < -0.3 is 21.1 Å². The molecule has 4 N–H and O–H groups in total. The van der Waals surface area contributed by atoms with Crippen LogP contribution in [0.5, 0.6) is 5.75 Å². The molecule has 0 atom stereocenters. The van der Waals surface area contributed by atoms with Crippen LogP contribution >= 0.6 is 0 Å². The highest BCUT2D eigenvalue weighted by Gasteiger charge is 2.08. The van der Waals surface area contributed by atoms with Crippen LogP contribution in [0.2, 0.25) is 0 Å². The van der Waals surface area contributed by atoms with Crippen LogP contribution in [-0.2, 0) is 6.54 Å². The molecule has 0 saturated carbocycles. The van der Waals surface area contributed by atoms with Gasteiger partial charge in [-0.05, 0) is 17.7 Å². The van der Waals surface area contributed by atoms with E-state index in [1.54, 1.807) is 7.11 Å². The Balaban J connectivity index is 2.65. The van der Waals surface area contributed by atoms with Crippen LogP contribution in [0.25, 0.3) is 0 Å². The van der Waals surface area contributed by atoms with Crippen molar-refractivity contribution in [1.82, 2.24) is 4.90 Å². The van der Waals surface area contributed by atoms with Crippen LogP contribution in [0.3, 0.4) is 0 Å². The van der Waals surface area contributed by atoms with Crippen LogP contribution < -0.4 is 16.2 Å². The Morgan fingerprint density at radius 3 is 2.44 bits per heavy atom. The Morgan fingerprint density at radius 2 is 2.00 bits per heavy atom. The lowest BCUT2D eigenvalue weighted by Crippen LogP contribution is -2.38. The van der Waals surface area contributed by atoms with Crippen LogP contribution in [0.1, 0.15) is 5.56 Å². The van der Waals surface area contributed by atoms with Gasteiger partial charge in [-0.2, -0.15) is 0 Å². The quantitative estimate of drug-likeness (QED) is 0.764. The summed E-state index contributed by atoms with van der Waals surface area (Å²) in [6, 6.07) is 7.02. The first-order valence-corrected chi connectivity index (χ1v) is 5.04.